The zero-order chi connectivity index (χ0) is 21.2. The molecule has 5 aromatic rings. The third-order valence-electron chi connectivity index (χ3n) is 4.23. The standard InChI is InChI=1S/C18H13ClN10OS/c19-11-3-1-10(2-4-11)13-7-14(25-24-13)17-26-27-18(29(17)20)31-8-15-23-16(28-30-15)12-5-6-21-9-22-12/h1-7,9H,8,20H2,(H,24,25). The summed E-state index contributed by atoms with van der Waals surface area (Å²) in [6.45, 7) is 0. The van der Waals surface area contributed by atoms with Crippen LogP contribution in [-0.4, -0.2) is 45.2 Å². The van der Waals surface area contributed by atoms with Gasteiger partial charge in [-0.05, 0) is 24.3 Å². The van der Waals surface area contributed by atoms with Gasteiger partial charge in [-0.25, -0.2) is 14.6 Å². The van der Waals surface area contributed by atoms with Gasteiger partial charge in [-0.3, -0.25) is 5.10 Å². The minimum atomic E-state index is 0.367. The van der Waals surface area contributed by atoms with E-state index in [0.717, 1.165) is 11.3 Å². The topological polar surface area (TPSA) is 150 Å². The second-order valence-corrected chi connectivity index (χ2v) is 7.62. The average Bonchev–Trinajstić information content (AvgIpc) is 3.54. The van der Waals surface area contributed by atoms with Crippen LogP contribution in [0.1, 0.15) is 5.89 Å². The highest BCUT2D eigenvalue weighted by atomic mass is 35.5. The number of nitrogens with one attached hydrogen (secondary N) is 1. The molecule has 31 heavy (non-hydrogen) atoms. The minimum absolute atomic E-state index is 0.367. The van der Waals surface area contributed by atoms with Gasteiger partial charge in [0.05, 0.1) is 11.4 Å². The maximum atomic E-state index is 6.19. The number of nitrogens with zero attached hydrogens (tertiary/aromatic N) is 8. The van der Waals surface area contributed by atoms with E-state index in [0.29, 0.717) is 44.9 Å². The first kappa shape index (κ1) is 19.2. The molecule has 11 nitrogen and oxygen atoms in total. The number of hydrogen-bond donors (Lipinski definition) is 2. The minimum Gasteiger partial charge on any atom is -0.338 e. The summed E-state index contributed by atoms with van der Waals surface area (Å²) in [5.41, 5.74) is 2.87. The Balaban J connectivity index is 1.30. The van der Waals surface area contributed by atoms with Crippen molar-refractivity contribution in [2.45, 2.75) is 10.9 Å². The van der Waals surface area contributed by atoms with Gasteiger partial charge >= 0.3 is 0 Å². The van der Waals surface area contributed by atoms with Crippen molar-refractivity contribution in [3.05, 3.63) is 59.8 Å². The van der Waals surface area contributed by atoms with Crippen LogP contribution in [0.5, 0.6) is 0 Å². The zero-order valence-corrected chi connectivity index (χ0v) is 17.2. The molecule has 0 aliphatic rings. The van der Waals surface area contributed by atoms with Crippen LogP contribution >= 0.6 is 23.4 Å². The molecule has 0 spiro atoms. The van der Waals surface area contributed by atoms with Crippen molar-refractivity contribution in [1.82, 2.24) is 45.2 Å². The number of nitrogen functional groups attached to an aromatic ring is 1. The summed E-state index contributed by atoms with van der Waals surface area (Å²) in [7, 11) is 0. The summed E-state index contributed by atoms with van der Waals surface area (Å²) in [5.74, 6) is 7.80. The van der Waals surface area contributed by atoms with Gasteiger partial charge < -0.3 is 10.4 Å². The second-order valence-electron chi connectivity index (χ2n) is 6.24. The lowest BCUT2D eigenvalue weighted by Gasteiger charge is -2.00. The lowest BCUT2D eigenvalue weighted by atomic mass is 10.1. The number of rotatable bonds is 6. The summed E-state index contributed by atoms with van der Waals surface area (Å²) >= 11 is 7.26. The Hall–Kier alpha value is -3.77. The summed E-state index contributed by atoms with van der Waals surface area (Å²) in [5, 5.41) is 20.6. The summed E-state index contributed by atoms with van der Waals surface area (Å²) in [6.07, 6.45) is 3.03. The number of thioether (sulfide) groups is 1. The van der Waals surface area contributed by atoms with Crippen LogP contribution in [0.15, 0.2) is 58.6 Å². The normalized spacial score (nSPS) is 11.1. The fourth-order valence-electron chi connectivity index (χ4n) is 2.73. The Morgan fingerprint density at radius 3 is 2.81 bits per heavy atom. The third-order valence-corrected chi connectivity index (χ3v) is 5.41. The molecule has 13 heteroatoms. The molecule has 0 saturated heterocycles. The maximum absolute atomic E-state index is 6.19. The van der Waals surface area contributed by atoms with Gasteiger partial charge in [-0.15, -0.1) is 10.2 Å². The zero-order valence-electron chi connectivity index (χ0n) is 15.7. The Kier molecular flexibility index (Phi) is 5.06. The van der Waals surface area contributed by atoms with Crippen molar-refractivity contribution in [3.63, 3.8) is 0 Å². The van der Waals surface area contributed by atoms with Crippen LogP contribution in [0.2, 0.25) is 5.02 Å². The number of hydrogen-bond acceptors (Lipinski definition) is 10. The summed E-state index contributed by atoms with van der Waals surface area (Å²) in [6, 6.07) is 10.9. The monoisotopic (exact) mass is 452 g/mol. The molecule has 4 heterocycles. The van der Waals surface area contributed by atoms with E-state index < -0.39 is 0 Å². The van der Waals surface area contributed by atoms with Crippen molar-refractivity contribution in [2.24, 2.45) is 0 Å². The molecule has 0 aliphatic carbocycles. The first-order valence-electron chi connectivity index (χ1n) is 8.91. The molecular formula is C18H13ClN10OS. The number of benzene rings is 1. The van der Waals surface area contributed by atoms with Crippen molar-refractivity contribution in [2.75, 3.05) is 5.84 Å². The Morgan fingerprint density at radius 1 is 1.13 bits per heavy atom. The average molecular weight is 453 g/mol. The van der Waals surface area contributed by atoms with E-state index in [-0.39, 0.29) is 0 Å². The molecule has 4 aromatic heterocycles. The van der Waals surface area contributed by atoms with Crippen LogP contribution in [0.4, 0.5) is 0 Å². The lowest BCUT2D eigenvalue weighted by molar-refractivity contribution is 0.391. The molecule has 3 N–H and O–H groups in total. The van der Waals surface area contributed by atoms with Gasteiger partial charge in [0.25, 0.3) is 0 Å². The fraction of sp³-hybridized carbons (Fsp3) is 0.0556. The smallest absolute Gasteiger partial charge is 0.237 e. The molecule has 0 unspecified atom stereocenters. The van der Waals surface area contributed by atoms with E-state index in [9.17, 15) is 0 Å². The number of aromatic amines is 1. The SMILES string of the molecule is Nn1c(SCc2nc(-c3ccncn3)no2)nnc1-c1cc(-c2ccc(Cl)cc2)n[nH]1. The number of H-pyrrole nitrogens is 1. The van der Waals surface area contributed by atoms with Crippen LogP contribution in [0.25, 0.3) is 34.3 Å². The summed E-state index contributed by atoms with van der Waals surface area (Å²) in [4.78, 5) is 12.3. The number of aromatic nitrogens is 9. The van der Waals surface area contributed by atoms with Gasteiger partial charge in [0, 0.05) is 16.8 Å². The highest BCUT2D eigenvalue weighted by Crippen LogP contribution is 2.26. The van der Waals surface area contributed by atoms with Crippen LogP contribution in [0, 0.1) is 0 Å². The maximum Gasteiger partial charge on any atom is 0.237 e. The van der Waals surface area contributed by atoms with Gasteiger partial charge in [0.2, 0.25) is 22.7 Å². The highest BCUT2D eigenvalue weighted by molar-refractivity contribution is 7.98. The molecule has 1 aromatic carbocycles. The van der Waals surface area contributed by atoms with Crippen LogP contribution in [-0.2, 0) is 5.75 Å². The van der Waals surface area contributed by atoms with Gasteiger partial charge in [-0.1, -0.05) is 40.7 Å². The van der Waals surface area contributed by atoms with Crippen molar-refractivity contribution >= 4 is 23.4 Å². The molecular weight excluding hydrogens is 440 g/mol. The van der Waals surface area contributed by atoms with Crippen molar-refractivity contribution in [1.29, 1.82) is 0 Å². The highest BCUT2D eigenvalue weighted by Gasteiger charge is 2.17. The summed E-state index contributed by atoms with van der Waals surface area (Å²) < 4.78 is 6.65. The predicted molar refractivity (Wildman–Crippen MR) is 113 cm³/mol. The van der Waals surface area contributed by atoms with Crippen LogP contribution in [0.3, 0.4) is 0 Å². The van der Waals surface area contributed by atoms with Crippen molar-refractivity contribution in [3.8, 4) is 34.3 Å². The Labute approximate surface area is 184 Å². The quantitative estimate of drug-likeness (QED) is 0.290. The fourth-order valence-corrected chi connectivity index (χ4v) is 3.55. The van der Waals surface area contributed by atoms with E-state index in [1.807, 2.05) is 18.2 Å². The first-order chi connectivity index (χ1) is 15.2. The first-order valence-corrected chi connectivity index (χ1v) is 10.3. The largest absolute Gasteiger partial charge is 0.338 e. The molecule has 154 valence electrons. The molecule has 0 fully saturated rings. The van der Waals surface area contributed by atoms with E-state index in [1.54, 1.807) is 24.4 Å². The lowest BCUT2D eigenvalue weighted by Crippen LogP contribution is -2.11. The van der Waals surface area contributed by atoms with Gasteiger partial charge in [0.15, 0.2) is 0 Å². The number of nitrogens with two attached hydrogens (primary N) is 1. The van der Waals surface area contributed by atoms with E-state index >= 15 is 0 Å². The van der Waals surface area contributed by atoms with Crippen LogP contribution < -0.4 is 5.84 Å². The Morgan fingerprint density at radius 2 is 2.00 bits per heavy atom. The molecule has 0 amide bonds. The second kappa shape index (κ2) is 8.16. The number of halogens is 1. The van der Waals surface area contributed by atoms with E-state index in [2.05, 4.69) is 40.5 Å². The predicted octanol–water partition coefficient (Wildman–Crippen LogP) is 2.83. The van der Waals surface area contributed by atoms with Gasteiger partial charge in [-0.2, -0.15) is 10.1 Å². The van der Waals surface area contributed by atoms with Gasteiger partial charge in [0.1, 0.15) is 17.7 Å². The van der Waals surface area contributed by atoms with Crippen molar-refractivity contribution < 1.29 is 4.52 Å². The van der Waals surface area contributed by atoms with E-state index in [1.165, 1.54) is 22.8 Å². The molecule has 0 bridgehead atoms. The third kappa shape index (κ3) is 3.98. The van der Waals surface area contributed by atoms with E-state index in [4.69, 9.17) is 22.0 Å². The molecule has 0 atom stereocenters. The Bertz CT molecular complexity index is 1310. The molecule has 5 rings (SSSR count). The molecule has 0 radical (unpaired) electrons. The molecule has 0 aliphatic heterocycles. The molecule has 0 saturated carbocycles.